The second-order valence-corrected chi connectivity index (χ2v) is 7.34. The lowest BCUT2D eigenvalue weighted by Crippen LogP contribution is -2.17. The summed E-state index contributed by atoms with van der Waals surface area (Å²) >= 11 is 0. The van der Waals surface area contributed by atoms with Crippen molar-refractivity contribution in [3.05, 3.63) is 78.3 Å². The summed E-state index contributed by atoms with van der Waals surface area (Å²) < 4.78 is 58.3. The largest absolute Gasteiger partial charge is 0.573 e. The van der Waals surface area contributed by atoms with E-state index in [1.165, 1.54) is 49.6 Å². The van der Waals surface area contributed by atoms with Gasteiger partial charge in [-0.05, 0) is 36.8 Å². The number of ether oxygens (including phenoxy) is 1. The first-order valence-electron chi connectivity index (χ1n) is 9.87. The third kappa shape index (κ3) is 5.03. The summed E-state index contributed by atoms with van der Waals surface area (Å²) in [4.78, 5) is 20.2. The van der Waals surface area contributed by atoms with Gasteiger partial charge in [-0.15, -0.1) is 13.2 Å². The number of hydrogen-bond donors (Lipinski definition) is 1. The summed E-state index contributed by atoms with van der Waals surface area (Å²) in [5.41, 5.74) is 1.98. The number of nitrogens with zero attached hydrogens (tertiary/aromatic N) is 4. The average molecular weight is 471 g/mol. The first-order chi connectivity index (χ1) is 16.1. The number of benzene rings is 1. The number of aromatic nitrogens is 4. The van der Waals surface area contributed by atoms with Crippen LogP contribution in [0.15, 0.2) is 61.3 Å². The van der Waals surface area contributed by atoms with Crippen LogP contribution >= 0.6 is 0 Å². The van der Waals surface area contributed by atoms with Gasteiger partial charge in [-0.3, -0.25) is 14.5 Å². The summed E-state index contributed by atoms with van der Waals surface area (Å²) in [5, 5.41) is 6.60. The van der Waals surface area contributed by atoms with Crippen molar-refractivity contribution < 1.29 is 27.1 Å². The third-order valence-electron chi connectivity index (χ3n) is 4.96. The Morgan fingerprint density at radius 1 is 1.03 bits per heavy atom. The van der Waals surface area contributed by atoms with Crippen LogP contribution in [0.4, 0.5) is 23.4 Å². The molecule has 1 aromatic carbocycles. The molecule has 0 unspecified atom stereocenters. The van der Waals surface area contributed by atoms with Crippen LogP contribution in [-0.4, -0.2) is 32.0 Å². The Bertz CT molecular complexity index is 1350. The van der Waals surface area contributed by atoms with E-state index in [4.69, 9.17) is 0 Å². The Balaban J connectivity index is 1.65. The van der Waals surface area contributed by atoms with E-state index in [0.717, 1.165) is 6.20 Å². The van der Waals surface area contributed by atoms with Crippen molar-refractivity contribution in [1.29, 1.82) is 0 Å². The van der Waals surface area contributed by atoms with E-state index in [9.17, 15) is 22.4 Å². The molecule has 4 rings (SSSR count). The van der Waals surface area contributed by atoms with Gasteiger partial charge in [0.25, 0.3) is 5.91 Å². The lowest BCUT2D eigenvalue weighted by atomic mass is 10.0. The van der Waals surface area contributed by atoms with Crippen LogP contribution in [0, 0.1) is 12.7 Å². The van der Waals surface area contributed by atoms with Gasteiger partial charge in [-0.25, -0.2) is 9.37 Å². The zero-order valence-corrected chi connectivity index (χ0v) is 17.9. The zero-order chi connectivity index (χ0) is 24.5. The minimum atomic E-state index is -4.89. The molecule has 0 fully saturated rings. The summed E-state index contributed by atoms with van der Waals surface area (Å²) in [5.74, 6) is -1.52. The van der Waals surface area contributed by atoms with Crippen molar-refractivity contribution in [3.8, 4) is 28.0 Å². The van der Waals surface area contributed by atoms with E-state index >= 15 is 0 Å². The van der Waals surface area contributed by atoms with Gasteiger partial charge in [0.2, 0.25) is 0 Å². The van der Waals surface area contributed by atoms with Crippen molar-refractivity contribution in [2.45, 2.75) is 13.3 Å². The SMILES string of the molecule is Cc1c(F)cncc1C(=O)Nc1ccc(-c2cc(-c3cnn(C)c3)ccc2OC(F)(F)F)cn1. The Morgan fingerprint density at radius 2 is 1.79 bits per heavy atom. The first-order valence-corrected chi connectivity index (χ1v) is 9.87. The maximum atomic E-state index is 13.7. The number of nitrogens with one attached hydrogen (secondary N) is 1. The molecule has 1 N–H and O–H groups in total. The number of hydrogen-bond acceptors (Lipinski definition) is 5. The van der Waals surface area contributed by atoms with E-state index in [2.05, 4.69) is 25.1 Å². The predicted octanol–water partition coefficient (Wildman–Crippen LogP) is 5.14. The van der Waals surface area contributed by atoms with Crippen LogP contribution in [0.3, 0.4) is 0 Å². The highest BCUT2D eigenvalue weighted by Gasteiger charge is 2.32. The zero-order valence-electron chi connectivity index (χ0n) is 17.9. The number of carbonyl (C=O) groups is 1. The molecule has 0 spiro atoms. The number of pyridine rings is 2. The molecule has 3 heterocycles. The molecule has 1 amide bonds. The molecule has 0 aliphatic carbocycles. The highest BCUT2D eigenvalue weighted by Crippen LogP contribution is 2.37. The predicted molar refractivity (Wildman–Crippen MR) is 115 cm³/mol. The lowest BCUT2D eigenvalue weighted by molar-refractivity contribution is -0.274. The van der Waals surface area contributed by atoms with E-state index in [0.29, 0.717) is 16.7 Å². The van der Waals surface area contributed by atoms with Crippen LogP contribution in [-0.2, 0) is 7.05 Å². The van der Waals surface area contributed by atoms with Crippen LogP contribution in [0.1, 0.15) is 15.9 Å². The smallest absolute Gasteiger partial charge is 0.405 e. The average Bonchev–Trinajstić information content (AvgIpc) is 3.22. The number of halogens is 4. The van der Waals surface area contributed by atoms with Gasteiger partial charge in [0.05, 0.1) is 18.0 Å². The standard InChI is InChI=1S/C23H17F4N5O2/c1-13-18(10-28-11-19(13)24)22(33)31-21-6-4-15(8-29-21)17-7-14(16-9-30-32(2)12-16)3-5-20(17)34-23(25,26)27/h3-12H,1-2H3,(H,29,31,33). The number of aryl methyl sites for hydroxylation is 1. The highest BCUT2D eigenvalue weighted by molar-refractivity contribution is 6.04. The molecule has 0 aliphatic heterocycles. The van der Waals surface area contributed by atoms with Crippen LogP contribution in [0.25, 0.3) is 22.3 Å². The van der Waals surface area contributed by atoms with E-state index in [1.807, 2.05) is 0 Å². The normalized spacial score (nSPS) is 11.4. The van der Waals surface area contributed by atoms with Gasteiger partial charge >= 0.3 is 6.36 Å². The van der Waals surface area contributed by atoms with Crippen LogP contribution in [0.2, 0.25) is 0 Å². The molecular formula is C23H17F4N5O2. The molecule has 0 bridgehead atoms. The summed E-state index contributed by atoms with van der Waals surface area (Å²) in [6.07, 6.45) is 1.96. The molecule has 7 nitrogen and oxygen atoms in total. The molecule has 174 valence electrons. The second-order valence-electron chi connectivity index (χ2n) is 7.34. The summed E-state index contributed by atoms with van der Waals surface area (Å²) in [6.45, 7) is 1.44. The Labute approximate surface area is 191 Å². The fraction of sp³-hybridized carbons (Fsp3) is 0.130. The molecule has 34 heavy (non-hydrogen) atoms. The lowest BCUT2D eigenvalue weighted by Gasteiger charge is -2.15. The van der Waals surface area contributed by atoms with Crippen molar-refractivity contribution in [2.75, 3.05) is 5.32 Å². The molecule has 4 aromatic rings. The van der Waals surface area contributed by atoms with Gasteiger partial charge in [-0.2, -0.15) is 5.10 Å². The van der Waals surface area contributed by atoms with Crippen LogP contribution < -0.4 is 10.1 Å². The second kappa shape index (κ2) is 8.93. The monoisotopic (exact) mass is 471 g/mol. The molecular weight excluding hydrogens is 454 g/mol. The molecule has 0 aliphatic rings. The topological polar surface area (TPSA) is 81.9 Å². The molecule has 0 saturated heterocycles. The highest BCUT2D eigenvalue weighted by atomic mass is 19.4. The molecule has 11 heteroatoms. The van der Waals surface area contributed by atoms with Crippen molar-refractivity contribution in [2.24, 2.45) is 7.05 Å². The van der Waals surface area contributed by atoms with Crippen molar-refractivity contribution in [3.63, 3.8) is 0 Å². The Kier molecular flexibility index (Phi) is 6.01. The molecule has 0 atom stereocenters. The number of anilines is 1. The van der Waals surface area contributed by atoms with Gasteiger partial charge in [0.15, 0.2) is 0 Å². The van der Waals surface area contributed by atoms with E-state index in [-0.39, 0.29) is 22.5 Å². The van der Waals surface area contributed by atoms with Gasteiger partial charge < -0.3 is 10.1 Å². The molecule has 3 aromatic heterocycles. The van der Waals surface area contributed by atoms with Crippen molar-refractivity contribution in [1.82, 2.24) is 19.7 Å². The van der Waals surface area contributed by atoms with E-state index < -0.39 is 23.8 Å². The Hall–Kier alpha value is -4.28. The van der Waals surface area contributed by atoms with E-state index in [1.54, 1.807) is 24.1 Å². The van der Waals surface area contributed by atoms with Gasteiger partial charge in [0, 0.05) is 47.9 Å². The quantitative estimate of drug-likeness (QED) is 0.408. The minimum Gasteiger partial charge on any atom is -0.405 e. The van der Waals surface area contributed by atoms with Crippen molar-refractivity contribution >= 4 is 11.7 Å². The number of amides is 1. The molecule has 0 saturated carbocycles. The maximum absolute atomic E-state index is 13.7. The number of rotatable bonds is 5. The molecule has 0 radical (unpaired) electrons. The van der Waals surface area contributed by atoms with Gasteiger partial charge in [-0.1, -0.05) is 6.07 Å². The minimum absolute atomic E-state index is 0.0379. The first kappa shape index (κ1) is 22.9. The maximum Gasteiger partial charge on any atom is 0.573 e. The number of carbonyl (C=O) groups excluding carboxylic acids is 1. The fourth-order valence-corrected chi connectivity index (χ4v) is 3.26. The summed E-state index contributed by atoms with van der Waals surface area (Å²) in [6, 6.07) is 7.17. The third-order valence-corrected chi connectivity index (χ3v) is 4.96. The fourth-order valence-electron chi connectivity index (χ4n) is 3.26. The Morgan fingerprint density at radius 3 is 2.44 bits per heavy atom. The number of alkyl halides is 3. The van der Waals surface area contributed by atoms with Crippen LogP contribution in [0.5, 0.6) is 5.75 Å². The van der Waals surface area contributed by atoms with Gasteiger partial charge in [0.1, 0.15) is 17.4 Å². The summed E-state index contributed by atoms with van der Waals surface area (Å²) in [7, 11) is 1.73.